The van der Waals surface area contributed by atoms with Crippen LogP contribution in [-0.4, -0.2) is 19.3 Å². The molecule has 0 spiro atoms. The van der Waals surface area contributed by atoms with Gasteiger partial charge in [-0.15, -0.1) is 0 Å². The van der Waals surface area contributed by atoms with Crippen LogP contribution in [0.4, 0.5) is 0 Å². The van der Waals surface area contributed by atoms with Gasteiger partial charge in [0.05, 0.1) is 6.10 Å². The van der Waals surface area contributed by atoms with E-state index in [0.29, 0.717) is 12.0 Å². The second kappa shape index (κ2) is 6.35. The van der Waals surface area contributed by atoms with E-state index in [1.807, 2.05) is 0 Å². The molecule has 1 aromatic rings. The first kappa shape index (κ1) is 13.6. The third-order valence-corrected chi connectivity index (χ3v) is 4.10. The van der Waals surface area contributed by atoms with Crippen molar-refractivity contribution in [2.24, 2.45) is 5.92 Å². The molecule has 1 aliphatic heterocycles. The minimum absolute atomic E-state index is 0.468. The largest absolute Gasteiger partial charge is 0.378 e. The number of rotatable bonds is 5. The third kappa shape index (κ3) is 3.12. The highest BCUT2D eigenvalue weighted by atomic mass is 16.5. The fourth-order valence-electron chi connectivity index (χ4n) is 2.89. The maximum atomic E-state index is 5.72. The molecule has 2 nitrogen and oxygen atoms in total. The van der Waals surface area contributed by atoms with Gasteiger partial charge in [0, 0.05) is 19.7 Å². The fraction of sp³-hybridized carbons (Fsp3) is 0.625. The van der Waals surface area contributed by atoms with Gasteiger partial charge in [-0.25, -0.2) is 0 Å². The molecule has 1 N–H and O–H groups in total. The van der Waals surface area contributed by atoms with E-state index in [-0.39, 0.29) is 0 Å². The van der Waals surface area contributed by atoms with Gasteiger partial charge in [0.25, 0.3) is 0 Å². The highest BCUT2D eigenvalue weighted by Gasteiger charge is 2.25. The Morgan fingerprint density at radius 1 is 1.28 bits per heavy atom. The zero-order chi connectivity index (χ0) is 13.0. The molecule has 2 rings (SSSR count). The van der Waals surface area contributed by atoms with Crippen molar-refractivity contribution in [3.63, 3.8) is 0 Å². The van der Waals surface area contributed by atoms with Crippen LogP contribution in [0, 0.1) is 19.8 Å². The van der Waals surface area contributed by atoms with E-state index in [4.69, 9.17) is 4.74 Å². The lowest BCUT2D eigenvalue weighted by Crippen LogP contribution is -2.28. The average molecular weight is 247 g/mol. The molecule has 18 heavy (non-hydrogen) atoms. The van der Waals surface area contributed by atoms with E-state index in [1.54, 1.807) is 0 Å². The second-order valence-electron chi connectivity index (χ2n) is 5.37. The Bertz CT molecular complexity index is 368. The molecule has 100 valence electrons. The summed E-state index contributed by atoms with van der Waals surface area (Å²) in [5.41, 5.74) is 4.22. The fourth-order valence-corrected chi connectivity index (χ4v) is 2.89. The standard InChI is InChI=1S/C16H25NO/c1-4-16-14(8-9-18-16)10-17-11-15-12(2)6-5-7-13(15)3/h5-7,14,16-17H,4,8-11H2,1-3H3. The minimum atomic E-state index is 0.468. The molecule has 2 unspecified atom stereocenters. The lowest BCUT2D eigenvalue weighted by Gasteiger charge is -2.18. The summed E-state index contributed by atoms with van der Waals surface area (Å²) < 4.78 is 5.72. The SMILES string of the molecule is CCC1OCCC1CNCc1c(C)cccc1C. The van der Waals surface area contributed by atoms with Crippen molar-refractivity contribution in [1.82, 2.24) is 5.32 Å². The van der Waals surface area contributed by atoms with Crippen LogP contribution in [0.15, 0.2) is 18.2 Å². The maximum absolute atomic E-state index is 5.72. The minimum Gasteiger partial charge on any atom is -0.378 e. The Hall–Kier alpha value is -0.860. The zero-order valence-corrected chi connectivity index (χ0v) is 11.8. The topological polar surface area (TPSA) is 21.3 Å². The molecule has 1 aromatic carbocycles. The summed E-state index contributed by atoms with van der Waals surface area (Å²) in [4.78, 5) is 0. The lowest BCUT2D eigenvalue weighted by atomic mass is 9.99. The van der Waals surface area contributed by atoms with Gasteiger partial charge in [-0.3, -0.25) is 0 Å². The zero-order valence-electron chi connectivity index (χ0n) is 11.8. The van der Waals surface area contributed by atoms with Gasteiger partial charge in [-0.2, -0.15) is 0 Å². The van der Waals surface area contributed by atoms with Crippen LogP contribution in [-0.2, 0) is 11.3 Å². The van der Waals surface area contributed by atoms with Crippen molar-refractivity contribution in [3.05, 3.63) is 34.9 Å². The predicted octanol–water partition coefficient (Wildman–Crippen LogP) is 3.21. The lowest BCUT2D eigenvalue weighted by molar-refractivity contribution is 0.0872. The van der Waals surface area contributed by atoms with Gasteiger partial charge >= 0.3 is 0 Å². The highest BCUT2D eigenvalue weighted by Crippen LogP contribution is 2.22. The van der Waals surface area contributed by atoms with Gasteiger partial charge in [0.15, 0.2) is 0 Å². The molecule has 0 amide bonds. The summed E-state index contributed by atoms with van der Waals surface area (Å²) in [6.45, 7) is 9.59. The van der Waals surface area contributed by atoms with Crippen LogP contribution in [0.5, 0.6) is 0 Å². The van der Waals surface area contributed by atoms with E-state index in [1.165, 1.54) is 23.1 Å². The van der Waals surface area contributed by atoms with Gasteiger partial charge < -0.3 is 10.1 Å². The summed E-state index contributed by atoms with van der Waals surface area (Å²) >= 11 is 0. The molecule has 1 heterocycles. The molecule has 2 atom stereocenters. The van der Waals surface area contributed by atoms with Crippen LogP contribution in [0.2, 0.25) is 0 Å². The Morgan fingerprint density at radius 3 is 2.67 bits per heavy atom. The van der Waals surface area contributed by atoms with Crippen molar-refractivity contribution in [3.8, 4) is 0 Å². The van der Waals surface area contributed by atoms with Crippen molar-refractivity contribution in [2.75, 3.05) is 13.2 Å². The molecule has 0 bridgehead atoms. The first-order valence-corrected chi connectivity index (χ1v) is 7.09. The Labute approximate surface area is 111 Å². The summed E-state index contributed by atoms with van der Waals surface area (Å²) in [7, 11) is 0. The Kier molecular flexibility index (Phi) is 4.79. The Morgan fingerprint density at radius 2 is 2.00 bits per heavy atom. The normalized spacial score (nSPS) is 23.5. The predicted molar refractivity (Wildman–Crippen MR) is 75.8 cm³/mol. The molecule has 0 saturated carbocycles. The molecule has 2 heteroatoms. The van der Waals surface area contributed by atoms with Gasteiger partial charge in [0.2, 0.25) is 0 Å². The molecule has 1 aliphatic rings. The number of ether oxygens (including phenoxy) is 1. The highest BCUT2D eigenvalue weighted by molar-refractivity contribution is 5.33. The van der Waals surface area contributed by atoms with Crippen molar-refractivity contribution >= 4 is 0 Å². The molecular formula is C16H25NO. The number of benzene rings is 1. The van der Waals surface area contributed by atoms with Gasteiger partial charge in [-0.1, -0.05) is 25.1 Å². The van der Waals surface area contributed by atoms with E-state index in [2.05, 4.69) is 44.3 Å². The molecule has 1 fully saturated rings. The van der Waals surface area contributed by atoms with Gasteiger partial charge in [0.1, 0.15) is 0 Å². The molecule has 0 radical (unpaired) electrons. The smallest absolute Gasteiger partial charge is 0.0613 e. The third-order valence-electron chi connectivity index (χ3n) is 4.10. The van der Waals surface area contributed by atoms with E-state index in [9.17, 15) is 0 Å². The van der Waals surface area contributed by atoms with Crippen LogP contribution in [0.3, 0.4) is 0 Å². The monoisotopic (exact) mass is 247 g/mol. The first-order valence-electron chi connectivity index (χ1n) is 7.09. The number of hydrogen-bond donors (Lipinski definition) is 1. The van der Waals surface area contributed by atoms with Crippen LogP contribution in [0.1, 0.15) is 36.5 Å². The summed E-state index contributed by atoms with van der Waals surface area (Å²) in [5.74, 6) is 0.694. The average Bonchev–Trinajstić information content (AvgIpc) is 2.80. The van der Waals surface area contributed by atoms with Gasteiger partial charge in [-0.05, 0) is 49.3 Å². The number of hydrogen-bond acceptors (Lipinski definition) is 2. The van der Waals surface area contributed by atoms with E-state index in [0.717, 1.165) is 26.1 Å². The van der Waals surface area contributed by atoms with Crippen molar-refractivity contribution in [2.45, 2.75) is 46.3 Å². The summed E-state index contributed by atoms with van der Waals surface area (Å²) in [5, 5.41) is 3.61. The second-order valence-corrected chi connectivity index (χ2v) is 5.37. The van der Waals surface area contributed by atoms with Crippen LogP contribution < -0.4 is 5.32 Å². The molecule has 0 aromatic heterocycles. The first-order chi connectivity index (χ1) is 8.72. The molecular weight excluding hydrogens is 222 g/mol. The van der Waals surface area contributed by atoms with E-state index >= 15 is 0 Å². The summed E-state index contributed by atoms with van der Waals surface area (Å²) in [6.07, 6.45) is 2.81. The summed E-state index contributed by atoms with van der Waals surface area (Å²) in [6, 6.07) is 6.52. The van der Waals surface area contributed by atoms with Crippen LogP contribution >= 0.6 is 0 Å². The number of nitrogens with one attached hydrogen (secondary N) is 1. The molecule has 1 saturated heterocycles. The Balaban J connectivity index is 1.85. The van der Waals surface area contributed by atoms with Crippen LogP contribution in [0.25, 0.3) is 0 Å². The quantitative estimate of drug-likeness (QED) is 0.862. The number of aryl methyl sites for hydroxylation is 2. The van der Waals surface area contributed by atoms with E-state index < -0.39 is 0 Å². The molecule has 0 aliphatic carbocycles. The van der Waals surface area contributed by atoms with Crippen molar-refractivity contribution in [1.29, 1.82) is 0 Å². The maximum Gasteiger partial charge on any atom is 0.0613 e. The van der Waals surface area contributed by atoms with Crippen molar-refractivity contribution < 1.29 is 4.74 Å².